The molecule has 7 heteroatoms. The van der Waals surface area contributed by atoms with Crippen molar-refractivity contribution in [3.63, 3.8) is 0 Å². The monoisotopic (exact) mass is 347 g/mol. The third-order valence-electron chi connectivity index (χ3n) is 5.33. The molecule has 1 unspecified atom stereocenters. The van der Waals surface area contributed by atoms with Crippen LogP contribution < -0.4 is 15.5 Å². The van der Waals surface area contributed by atoms with Gasteiger partial charge in [-0.1, -0.05) is 0 Å². The van der Waals surface area contributed by atoms with Gasteiger partial charge in [0.1, 0.15) is 12.0 Å². The molecule has 138 valence electrons. The van der Waals surface area contributed by atoms with Crippen LogP contribution in [0.4, 0.5) is 17.3 Å². The number of esters is 1. The van der Waals surface area contributed by atoms with Crippen LogP contribution in [0.2, 0.25) is 0 Å². The SMILES string of the molecule is CCOC(=O)C1CCN(c2ncnc(N3CCCCC3C)c2N)CC1. The van der Waals surface area contributed by atoms with Crippen LogP contribution in [0.5, 0.6) is 0 Å². The first-order valence-electron chi connectivity index (χ1n) is 9.40. The van der Waals surface area contributed by atoms with Gasteiger partial charge >= 0.3 is 5.97 Å². The average molecular weight is 347 g/mol. The summed E-state index contributed by atoms with van der Waals surface area (Å²) in [6, 6.07) is 0.452. The van der Waals surface area contributed by atoms with Gasteiger partial charge < -0.3 is 20.3 Å². The molecule has 0 aromatic carbocycles. The fourth-order valence-corrected chi connectivity index (χ4v) is 3.86. The summed E-state index contributed by atoms with van der Waals surface area (Å²) in [6.45, 7) is 7.03. The van der Waals surface area contributed by atoms with Crippen LogP contribution in [-0.4, -0.2) is 48.2 Å². The molecule has 2 fully saturated rings. The number of aromatic nitrogens is 2. The van der Waals surface area contributed by atoms with Gasteiger partial charge in [0.2, 0.25) is 0 Å². The largest absolute Gasteiger partial charge is 0.466 e. The third kappa shape index (κ3) is 3.80. The Labute approximate surface area is 149 Å². The maximum atomic E-state index is 11.9. The Morgan fingerprint density at radius 3 is 2.60 bits per heavy atom. The highest BCUT2D eigenvalue weighted by atomic mass is 16.5. The van der Waals surface area contributed by atoms with E-state index in [-0.39, 0.29) is 11.9 Å². The predicted molar refractivity (Wildman–Crippen MR) is 98.7 cm³/mol. The summed E-state index contributed by atoms with van der Waals surface area (Å²) in [4.78, 5) is 25.3. The lowest BCUT2D eigenvalue weighted by molar-refractivity contribution is -0.148. The Morgan fingerprint density at radius 2 is 1.92 bits per heavy atom. The van der Waals surface area contributed by atoms with Crippen LogP contribution in [-0.2, 0) is 9.53 Å². The number of nitrogens with zero attached hydrogens (tertiary/aromatic N) is 4. The second-order valence-corrected chi connectivity index (χ2v) is 6.99. The lowest BCUT2D eigenvalue weighted by Gasteiger charge is -2.37. The number of hydrogen-bond acceptors (Lipinski definition) is 7. The van der Waals surface area contributed by atoms with Crippen molar-refractivity contribution in [2.75, 3.05) is 41.8 Å². The van der Waals surface area contributed by atoms with Gasteiger partial charge in [0.15, 0.2) is 11.6 Å². The van der Waals surface area contributed by atoms with Crippen LogP contribution in [0.1, 0.15) is 46.0 Å². The first-order valence-corrected chi connectivity index (χ1v) is 9.40. The summed E-state index contributed by atoms with van der Waals surface area (Å²) in [5, 5.41) is 0. The smallest absolute Gasteiger partial charge is 0.309 e. The zero-order chi connectivity index (χ0) is 17.8. The van der Waals surface area contributed by atoms with Gasteiger partial charge in [0.05, 0.1) is 12.5 Å². The van der Waals surface area contributed by atoms with E-state index in [0.717, 1.165) is 44.1 Å². The van der Waals surface area contributed by atoms with Crippen molar-refractivity contribution in [1.29, 1.82) is 0 Å². The first-order chi connectivity index (χ1) is 12.1. The molecule has 1 aromatic rings. The molecule has 7 nitrogen and oxygen atoms in total. The molecule has 0 aliphatic carbocycles. The van der Waals surface area contributed by atoms with E-state index in [2.05, 4.69) is 26.7 Å². The molecule has 0 amide bonds. The maximum Gasteiger partial charge on any atom is 0.309 e. The van der Waals surface area contributed by atoms with Crippen LogP contribution >= 0.6 is 0 Å². The zero-order valence-corrected chi connectivity index (χ0v) is 15.3. The van der Waals surface area contributed by atoms with Crippen molar-refractivity contribution in [2.24, 2.45) is 5.92 Å². The minimum Gasteiger partial charge on any atom is -0.466 e. The summed E-state index contributed by atoms with van der Waals surface area (Å²) in [5.41, 5.74) is 7.11. The van der Waals surface area contributed by atoms with E-state index in [1.54, 1.807) is 6.33 Å². The van der Waals surface area contributed by atoms with Crippen LogP contribution in [0.25, 0.3) is 0 Å². The van der Waals surface area contributed by atoms with E-state index in [0.29, 0.717) is 18.3 Å². The molecular weight excluding hydrogens is 318 g/mol. The second kappa shape index (κ2) is 7.89. The molecule has 0 spiro atoms. The molecular formula is C18H29N5O2. The van der Waals surface area contributed by atoms with E-state index in [1.807, 2.05) is 6.92 Å². The molecule has 25 heavy (non-hydrogen) atoms. The molecule has 2 aliphatic heterocycles. The number of piperidine rings is 2. The van der Waals surface area contributed by atoms with Crippen molar-refractivity contribution in [3.05, 3.63) is 6.33 Å². The Hall–Kier alpha value is -2.05. The minimum atomic E-state index is -0.0827. The van der Waals surface area contributed by atoms with Crippen LogP contribution in [0, 0.1) is 5.92 Å². The van der Waals surface area contributed by atoms with E-state index in [4.69, 9.17) is 10.5 Å². The number of rotatable bonds is 4. The number of nitrogen functional groups attached to an aromatic ring is 1. The molecule has 0 saturated carbocycles. The van der Waals surface area contributed by atoms with Crippen LogP contribution in [0.15, 0.2) is 6.33 Å². The highest BCUT2D eigenvalue weighted by Crippen LogP contribution is 2.34. The van der Waals surface area contributed by atoms with Crippen LogP contribution in [0.3, 0.4) is 0 Å². The molecule has 2 aliphatic rings. The van der Waals surface area contributed by atoms with Gasteiger partial charge in [-0.15, -0.1) is 0 Å². The Balaban J connectivity index is 1.71. The Kier molecular flexibility index (Phi) is 5.60. The fourth-order valence-electron chi connectivity index (χ4n) is 3.86. The summed E-state index contributed by atoms with van der Waals surface area (Å²) < 4.78 is 5.14. The van der Waals surface area contributed by atoms with Crippen molar-refractivity contribution >= 4 is 23.3 Å². The van der Waals surface area contributed by atoms with E-state index >= 15 is 0 Å². The zero-order valence-electron chi connectivity index (χ0n) is 15.3. The number of carbonyl (C=O) groups is 1. The molecule has 1 atom stereocenters. The second-order valence-electron chi connectivity index (χ2n) is 6.99. The van der Waals surface area contributed by atoms with E-state index in [1.165, 1.54) is 19.3 Å². The lowest BCUT2D eigenvalue weighted by atomic mass is 9.97. The van der Waals surface area contributed by atoms with Gasteiger partial charge in [-0.2, -0.15) is 0 Å². The summed E-state index contributed by atoms with van der Waals surface area (Å²) >= 11 is 0. The van der Waals surface area contributed by atoms with Gasteiger partial charge in [-0.25, -0.2) is 9.97 Å². The number of anilines is 3. The van der Waals surface area contributed by atoms with E-state index in [9.17, 15) is 4.79 Å². The number of hydrogen-bond donors (Lipinski definition) is 1. The summed E-state index contributed by atoms with van der Waals surface area (Å²) in [6.07, 6.45) is 6.77. The highest BCUT2D eigenvalue weighted by molar-refractivity contribution is 5.77. The van der Waals surface area contributed by atoms with Crippen molar-refractivity contribution in [1.82, 2.24) is 9.97 Å². The maximum absolute atomic E-state index is 11.9. The fraction of sp³-hybridized carbons (Fsp3) is 0.722. The third-order valence-corrected chi connectivity index (χ3v) is 5.33. The minimum absolute atomic E-state index is 0.0131. The van der Waals surface area contributed by atoms with Crippen molar-refractivity contribution in [2.45, 2.75) is 52.0 Å². The average Bonchev–Trinajstić information content (AvgIpc) is 2.63. The van der Waals surface area contributed by atoms with Gasteiger partial charge in [0.25, 0.3) is 0 Å². The quantitative estimate of drug-likeness (QED) is 0.836. The molecule has 0 radical (unpaired) electrons. The number of ether oxygens (including phenoxy) is 1. The van der Waals surface area contributed by atoms with Gasteiger partial charge in [-0.3, -0.25) is 4.79 Å². The molecule has 0 bridgehead atoms. The normalized spacial score (nSPS) is 22.1. The van der Waals surface area contributed by atoms with Crippen molar-refractivity contribution in [3.8, 4) is 0 Å². The topological polar surface area (TPSA) is 84.6 Å². The first kappa shape index (κ1) is 17.8. The number of nitrogens with two attached hydrogens (primary N) is 1. The van der Waals surface area contributed by atoms with Gasteiger partial charge in [0, 0.05) is 25.7 Å². The van der Waals surface area contributed by atoms with Gasteiger partial charge in [-0.05, 0) is 46.0 Å². The number of carbonyl (C=O) groups excluding carboxylic acids is 1. The molecule has 2 N–H and O–H groups in total. The standard InChI is InChI=1S/C18H29N5O2/c1-3-25-18(24)14-7-10-22(11-8-14)16-15(19)17(21-12-20-16)23-9-5-4-6-13(23)2/h12-14H,3-11,19H2,1-2H3. The Morgan fingerprint density at radius 1 is 1.20 bits per heavy atom. The molecule has 1 aromatic heterocycles. The summed E-state index contributed by atoms with van der Waals surface area (Å²) in [5.74, 6) is 1.55. The van der Waals surface area contributed by atoms with E-state index < -0.39 is 0 Å². The van der Waals surface area contributed by atoms with Crippen molar-refractivity contribution < 1.29 is 9.53 Å². The molecule has 2 saturated heterocycles. The highest BCUT2D eigenvalue weighted by Gasteiger charge is 2.29. The lowest BCUT2D eigenvalue weighted by Crippen LogP contribution is -2.40. The molecule has 3 rings (SSSR count). The Bertz CT molecular complexity index is 601. The summed E-state index contributed by atoms with van der Waals surface area (Å²) in [7, 11) is 0. The molecule has 3 heterocycles. The predicted octanol–water partition coefficient (Wildman–Crippen LogP) is 2.22.